The molecule has 1 N–H and O–H groups in total. The van der Waals surface area contributed by atoms with Crippen molar-refractivity contribution in [2.24, 2.45) is 40.4 Å². The number of carbonyl (C=O) groups excluding carboxylic acids is 1. The Balaban J connectivity index is 1.22. The molecule has 8 heteroatoms. The molecule has 2 aromatic rings. The van der Waals surface area contributed by atoms with Crippen LogP contribution in [-0.4, -0.2) is 45.2 Å². The van der Waals surface area contributed by atoms with Crippen molar-refractivity contribution < 1.29 is 23.4 Å². The number of Topliss-reactive ketones (excluding diaryl/α,β-unsaturated/α-hetero) is 1. The summed E-state index contributed by atoms with van der Waals surface area (Å²) < 4.78 is 33.1. The molecule has 1 aromatic heterocycles. The molecule has 4 aliphatic carbocycles. The highest BCUT2D eigenvalue weighted by Crippen LogP contribution is 2.68. The van der Waals surface area contributed by atoms with Crippen LogP contribution in [0.3, 0.4) is 0 Å². The zero-order valence-corrected chi connectivity index (χ0v) is 22.2. The molecule has 8 atom stereocenters. The first-order chi connectivity index (χ1) is 17.6. The van der Waals surface area contributed by atoms with Crippen molar-refractivity contribution >= 4 is 16.8 Å². The van der Waals surface area contributed by atoms with E-state index in [9.17, 15) is 18.7 Å². The van der Waals surface area contributed by atoms with Crippen LogP contribution in [0.15, 0.2) is 12.1 Å². The number of hydrogen-bond donors (Lipinski definition) is 1. The van der Waals surface area contributed by atoms with Gasteiger partial charge in [0.05, 0.1) is 12.2 Å². The second-order valence-electron chi connectivity index (χ2n) is 13.1. The van der Waals surface area contributed by atoms with Crippen molar-refractivity contribution in [2.45, 2.75) is 83.8 Å². The molecule has 37 heavy (non-hydrogen) atoms. The molecule has 1 aromatic carbocycles. The molecule has 6 nitrogen and oxygen atoms in total. The molecule has 4 saturated carbocycles. The maximum absolute atomic E-state index is 13.6. The third-order valence-corrected chi connectivity index (χ3v) is 11.2. The van der Waals surface area contributed by atoms with Gasteiger partial charge in [0.25, 0.3) is 0 Å². The zero-order valence-electron chi connectivity index (χ0n) is 22.2. The lowest BCUT2D eigenvalue weighted by molar-refractivity contribution is -0.175. The van der Waals surface area contributed by atoms with Crippen LogP contribution in [0.2, 0.25) is 0 Å². The van der Waals surface area contributed by atoms with E-state index in [1.165, 1.54) is 11.2 Å². The maximum Gasteiger partial charge on any atom is 0.161 e. The number of ether oxygens (including phenoxy) is 1. The van der Waals surface area contributed by atoms with Crippen molar-refractivity contribution in [1.29, 1.82) is 0 Å². The minimum absolute atomic E-state index is 0.0315. The first-order valence-electron chi connectivity index (χ1n) is 14.0. The maximum atomic E-state index is 13.6. The van der Waals surface area contributed by atoms with Crippen LogP contribution in [0.5, 0.6) is 0 Å². The van der Waals surface area contributed by atoms with Gasteiger partial charge in [-0.15, -0.1) is 0 Å². The summed E-state index contributed by atoms with van der Waals surface area (Å²) in [4.78, 5) is 14.9. The Morgan fingerprint density at radius 3 is 2.41 bits per heavy atom. The van der Waals surface area contributed by atoms with Crippen LogP contribution in [0.25, 0.3) is 11.0 Å². The van der Waals surface area contributed by atoms with Gasteiger partial charge in [-0.3, -0.25) is 4.79 Å². The Bertz CT molecular complexity index is 1180. The monoisotopic (exact) mass is 515 g/mol. The van der Waals surface area contributed by atoms with Gasteiger partial charge in [0.1, 0.15) is 17.6 Å². The fourth-order valence-corrected chi connectivity index (χ4v) is 9.59. The largest absolute Gasteiger partial charge is 0.390 e. The summed E-state index contributed by atoms with van der Waals surface area (Å²) >= 11 is 0. The summed E-state index contributed by atoms with van der Waals surface area (Å²) in [5.74, 6) is 0.315. The highest BCUT2D eigenvalue weighted by atomic mass is 19.2. The van der Waals surface area contributed by atoms with E-state index < -0.39 is 17.2 Å². The average Bonchev–Trinajstić information content (AvgIpc) is 3.39. The van der Waals surface area contributed by atoms with Crippen molar-refractivity contribution in [1.82, 2.24) is 15.0 Å². The van der Waals surface area contributed by atoms with E-state index in [0.717, 1.165) is 70.1 Å². The molecule has 4 aliphatic rings. The Kier molecular flexibility index (Phi) is 6.03. The topological polar surface area (TPSA) is 77.2 Å². The van der Waals surface area contributed by atoms with Crippen molar-refractivity contribution in [2.75, 3.05) is 13.7 Å². The number of ketones is 1. The van der Waals surface area contributed by atoms with E-state index in [1.807, 2.05) is 14.0 Å². The third kappa shape index (κ3) is 3.96. The van der Waals surface area contributed by atoms with Crippen LogP contribution < -0.4 is 0 Å². The van der Waals surface area contributed by atoms with E-state index in [0.29, 0.717) is 23.7 Å². The van der Waals surface area contributed by atoms with Gasteiger partial charge in [0, 0.05) is 25.2 Å². The molecule has 4 fully saturated rings. The molecule has 8 unspecified atom stereocenters. The highest BCUT2D eigenvalue weighted by Gasteiger charge is 2.63. The fraction of sp³-hybridized carbons (Fsp3) is 0.759. The number of halogens is 2. The molecule has 0 saturated heterocycles. The van der Waals surface area contributed by atoms with Gasteiger partial charge in [-0.2, -0.15) is 15.0 Å². The van der Waals surface area contributed by atoms with Gasteiger partial charge >= 0.3 is 0 Å². The molecule has 6 rings (SSSR count). The summed E-state index contributed by atoms with van der Waals surface area (Å²) in [6.07, 6.45) is 9.07. The lowest BCUT2D eigenvalue weighted by atomic mass is 9.43. The number of benzene rings is 1. The quantitative estimate of drug-likeness (QED) is 0.584. The van der Waals surface area contributed by atoms with Gasteiger partial charge in [0.15, 0.2) is 17.4 Å². The van der Waals surface area contributed by atoms with E-state index in [-0.39, 0.29) is 40.1 Å². The van der Waals surface area contributed by atoms with Gasteiger partial charge in [-0.05, 0) is 99.2 Å². The lowest BCUT2D eigenvalue weighted by Crippen LogP contribution is -2.58. The lowest BCUT2D eigenvalue weighted by Gasteiger charge is -2.62. The number of carbonyl (C=O) groups is 1. The Morgan fingerprint density at radius 2 is 1.73 bits per heavy atom. The van der Waals surface area contributed by atoms with Crippen LogP contribution in [0, 0.1) is 52.1 Å². The van der Waals surface area contributed by atoms with E-state index in [4.69, 9.17) is 4.74 Å². The van der Waals surface area contributed by atoms with Crippen LogP contribution in [-0.2, 0) is 16.1 Å². The molecule has 202 valence electrons. The molecule has 1 heterocycles. The molecule has 0 bridgehead atoms. The number of rotatable bonds is 5. The number of fused-ring (bicyclic) bond motifs is 6. The highest BCUT2D eigenvalue weighted by molar-refractivity contribution is 5.82. The van der Waals surface area contributed by atoms with Gasteiger partial charge < -0.3 is 9.84 Å². The summed E-state index contributed by atoms with van der Waals surface area (Å²) in [7, 11) is 1.81. The zero-order chi connectivity index (χ0) is 26.2. The Labute approximate surface area is 217 Å². The molecular weight excluding hydrogens is 476 g/mol. The SMILES string of the molecule is COCC12CCC(C)(O)CC1CCC1C3CCC(C(=O)Cn4nc5cc(F)c(F)cc5n4)C3(C)CCC12. The van der Waals surface area contributed by atoms with Crippen LogP contribution >= 0.6 is 0 Å². The Morgan fingerprint density at radius 1 is 1.03 bits per heavy atom. The minimum atomic E-state index is -0.962. The van der Waals surface area contributed by atoms with E-state index in [2.05, 4.69) is 17.1 Å². The predicted molar refractivity (Wildman–Crippen MR) is 134 cm³/mol. The molecule has 0 radical (unpaired) electrons. The second kappa shape index (κ2) is 8.80. The van der Waals surface area contributed by atoms with Crippen LogP contribution in [0.1, 0.15) is 71.6 Å². The molecule has 0 amide bonds. The molecule has 0 spiro atoms. The minimum Gasteiger partial charge on any atom is -0.390 e. The van der Waals surface area contributed by atoms with Crippen LogP contribution in [0.4, 0.5) is 8.78 Å². The number of hydrogen-bond acceptors (Lipinski definition) is 5. The summed E-state index contributed by atoms with van der Waals surface area (Å²) in [6, 6.07) is 2.06. The van der Waals surface area contributed by atoms with Gasteiger partial charge in [-0.1, -0.05) is 6.92 Å². The van der Waals surface area contributed by atoms with Crippen molar-refractivity contribution in [3.63, 3.8) is 0 Å². The molecular formula is C29H39F2N3O3. The normalized spacial score (nSPS) is 41.3. The van der Waals surface area contributed by atoms with Crippen molar-refractivity contribution in [3.05, 3.63) is 23.8 Å². The number of aromatic nitrogens is 3. The average molecular weight is 516 g/mol. The first kappa shape index (κ1) is 25.4. The summed E-state index contributed by atoms with van der Waals surface area (Å²) in [5.41, 5.74) is 0.0203. The number of methoxy groups -OCH3 is 1. The summed E-state index contributed by atoms with van der Waals surface area (Å²) in [5, 5.41) is 19.3. The fourth-order valence-electron chi connectivity index (χ4n) is 9.59. The third-order valence-electron chi connectivity index (χ3n) is 11.2. The summed E-state index contributed by atoms with van der Waals surface area (Å²) in [6.45, 7) is 5.11. The van der Waals surface area contributed by atoms with E-state index >= 15 is 0 Å². The second-order valence-corrected chi connectivity index (χ2v) is 13.1. The predicted octanol–water partition coefficient (Wildman–Crippen LogP) is 5.32. The van der Waals surface area contributed by atoms with Gasteiger partial charge in [-0.25, -0.2) is 8.78 Å². The number of nitrogens with zero attached hydrogens (tertiary/aromatic N) is 3. The van der Waals surface area contributed by atoms with Gasteiger partial charge in [0.2, 0.25) is 0 Å². The number of aliphatic hydroxyl groups is 1. The Hall–Kier alpha value is -1.93. The first-order valence-corrected chi connectivity index (χ1v) is 14.0. The van der Waals surface area contributed by atoms with E-state index in [1.54, 1.807) is 0 Å². The van der Waals surface area contributed by atoms with Crippen molar-refractivity contribution in [3.8, 4) is 0 Å². The molecule has 0 aliphatic heterocycles. The standard InChI is InChI=1S/C29H39F2N3O3/c1-27(36)10-11-29(16-37-3)17(14-27)4-5-18-19-6-7-21(28(19,2)9-8-20(18)29)26(35)15-34-32-24-12-22(30)23(31)13-25(24)33-34/h12-13,17-21,36H,4-11,14-16H2,1-3H3. The smallest absolute Gasteiger partial charge is 0.161 e.